The summed E-state index contributed by atoms with van der Waals surface area (Å²) in [6.07, 6.45) is 0. The van der Waals surface area contributed by atoms with Crippen LogP contribution in [0.3, 0.4) is 0 Å². The lowest BCUT2D eigenvalue weighted by atomic mass is 10.2. The van der Waals surface area contributed by atoms with Crippen molar-refractivity contribution < 1.29 is 0 Å². The first-order valence-corrected chi connectivity index (χ1v) is 7.22. The lowest BCUT2D eigenvalue weighted by Gasteiger charge is -2.09. The van der Waals surface area contributed by atoms with Crippen molar-refractivity contribution in [2.75, 3.05) is 0 Å². The van der Waals surface area contributed by atoms with Crippen molar-refractivity contribution in [3.63, 3.8) is 0 Å². The summed E-state index contributed by atoms with van der Waals surface area (Å²) in [6.45, 7) is 4.31. The molecule has 0 saturated heterocycles. The maximum atomic E-state index is 5.97. The standard InChI is InChI=1S/C15H15ClSi/c1-11-7-8-12(2)15(9-11)17-14-6-4-3-5-13(14)10-16/h3-9H,10H2,1-2H3. The molecule has 0 aliphatic heterocycles. The molecule has 86 valence electrons. The van der Waals surface area contributed by atoms with E-state index in [0.29, 0.717) is 15.4 Å². The Morgan fingerprint density at radius 2 is 1.76 bits per heavy atom. The highest BCUT2D eigenvalue weighted by atomic mass is 35.5. The highest BCUT2D eigenvalue weighted by molar-refractivity contribution is 6.68. The van der Waals surface area contributed by atoms with E-state index in [2.05, 4.69) is 56.3 Å². The minimum absolute atomic E-state index is 0.591. The highest BCUT2D eigenvalue weighted by Gasteiger charge is 2.06. The minimum atomic E-state index is 0.591. The topological polar surface area (TPSA) is 0 Å². The van der Waals surface area contributed by atoms with E-state index in [1.54, 1.807) is 0 Å². The summed E-state index contributed by atoms with van der Waals surface area (Å²) in [5.74, 6) is 0.591. The Morgan fingerprint density at radius 3 is 2.53 bits per heavy atom. The lowest BCUT2D eigenvalue weighted by molar-refractivity contribution is 1.42. The maximum Gasteiger partial charge on any atom is 0.122 e. The predicted octanol–water partition coefficient (Wildman–Crippen LogP) is 2.70. The van der Waals surface area contributed by atoms with Gasteiger partial charge in [0.2, 0.25) is 0 Å². The molecule has 0 aliphatic rings. The Balaban J connectivity index is 2.34. The summed E-state index contributed by atoms with van der Waals surface area (Å²) in [6, 6.07) is 15.1. The fourth-order valence-corrected chi connectivity index (χ4v) is 3.50. The Kier molecular flexibility index (Phi) is 4.03. The van der Waals surface area contributed by atoms with Crippen LogP contribution in [-0.4, -0.2) is 9.52 Å². The van der Waals surface area contributed by atoms with E-state index in [4.69, 9.17) is 11.6 Å². The quantitative estimate of drug-likeness (QED) is 0.587. The number of benzene rings is 2. The first-order valence-electron chi connectivity index (χ1n) is 5.69. The van der Waals surface area contributed by atoms with E-state index in [-0.39, 0.29) is 0 Å². The van der Waals surface area contributed by atoms with Gasteiger partial charge >= 0.3 is 0 Å². The fourth-order valence-electron chi connectivity index (χ4n) is 1.77. The van der Waals surface area contributed by atoms with Gasteiger partial charge in [-0.2, -0.15) is 0 Å². The van der Waals surface area contributed by atoms with E-state index in [1.165, 1.54) is 27.1 Å². The summed E-state index contributed by atoms with van der Waals surface area (Å²) in [4.78, 5) is 0. The molecule has 2 radical (unpaired) electrons. The van der Waals surface area contributed by atoms with Crippen molar-refractivity contribution in [2.45, 2.75) is 19.7 Å². The summed E-state index contributed by atoms with van der Waals surface area (Å²) in [5, 5.41) is 2.78. The Bertz CT molecular complexity index is 520. The van der Waals surface area contributed by atoms with Gasteiger partial charge in [-0.25, -0.2) is 0 Å². The zero-order valence-electron chi connectivity index (χ0n) is 10.1. The van der Waals surface area contributed by atoms with E-state index >= 15 is 0 Å². The predicted molar refractivity (Wildman–Crippen MR) is 76.9 cm³/mol. The zero-order valence-corrected chi connectivity index (χ0v) is 11.9. The first kappa shape index (κ1) is 12.4. The summed E-state index contributed by atoms with van der Waals surface area (Å²) >= 11 is 5.97. The molecule has 0 aromatic heterocycles. The molecule has 0 aliphatic carbocycles. The second-order valence-electron chi connectivity index (χ2n) is 4.23. The van der Waals surface area contributed by atoms with Gasteiger partial charge in [-0.15, -0.1) is 11.6 Å². The number of halogens is 1. The third kappa shape index (κ3) is 2.99. The van der Waals surface area contributed by atoms with Crippen LogP contribution in [0, 0.1) is 13.8 Å². The summed E-state index contributed by atoms with van der Waals surface area (Å²) < 4.78 is 0. The van der Waals surface area contributed by atoms with E-state index < -0.39 is 0 Å². The molecule has 2 heteroatoms. The first-order chi connectivity index (χ1) is 8.20. The van der Waals surface area contributed by atoms with Gasteiger partial charge < -0.3 is 0 Å². The second-order valence-corrected chi connectivity index (χ2v) is 5.83. The van der Waals surface area contributed by atoms with Crippen LogP contribution < -0.4 is 10.4 Å². The van der Waals surface area contributed by atoms with Gasteiger partial charge in [-0.05, 0) is 19.4 Å². The average molecular weight is 259 g/mol. The van der Waals surface area contributed by atoms with Crippen LogP contribution in [0.25, 0.3) is 0 Å². The van der Waals surface area contributed by atoms with E-state index in [0.717, 1.165) is 0 Å². The Hall–Kier alpha value is -1.05. The Morgan fingerprint density at radius 1 is 1.00 bits per heavy atom. The minimum Gasteiger partial charge on any atom is -0.122 e. The van der Waals surface area contributed by atoms with Gasteiger partial charge in [-0.3, -0.25) is 0 Å². The van der Waals surface area contributed by atoms with Gasteiger partial charge in [0.25, 0.3) is 0 Å². The largest absolute Gasteiger partial charge is 0.122 e. The molecule has 2 aromatic rings. The van der Waals surface area contributed by atoms with Crippen molar-refractivity contribution in [1.82, 2.24) is 0 Å². The summed E-state index contributed by atoms with van der Waals surface area (Å²) in [5.41, 5.74) is 3.92. The maximum absolute atomic E-state index is 5.97. The van der Waals surface area contributed by atoms with Crippen LogP contribution in [0.4, 0.5) is 0 Å². The van der Waals surface area contributed by atoms with E-state index in [9.17, 15) is 0 Å². The molecule has 2 rings (SSSR count). The zero-order chi connectivity index (χ0) is 12.3. The molecule has 0 amide bonds. The molecular formula is C15H15ClSi. The molecule has 0 saturated carbocycles. The van der Waals surface area contributed by atoms with E-state index in [1.807, 2.05) is 0 Å². The number of alkyl halides is 1. The fraction of sp³-hybridized carbons (Fsp3) is 0.200. The third-order valence-corrected chi connectivity index (χ3v) is 4.68. The van der Waals surface area contributed by atoms with Crippen molar-refractivity contribution in [3.8, 4) is 0 Å². The van der Waals surface area contributed by atoms with Crippen molar-refractivity contribution in [1.29, 1.82) is 0 Å². The highest BCUT2D eigenvalue weighted by Crippen LogP contribution is 2.02. The van der Waals surface area contributed by atoms with Crippen LogP contribution in [0.15, 0.2) is 42.5 Å². The number of rotatable bonds is 3. The molecule has 0 nitrogen and oxygen atoms in total. The third-order valence-electron chi connectivity index (χ3n) is 2.82. The van der Waals surface area contributed by atoms with Crippen molar-refractivity contribution in [3.05, 3.63) is 59.2 Å². The molecule has 0 heterocycles. The smallest absolute Gasteiger partial charge is 0.122 e. The summed E-state index contributed by atoms with van der Waals surface area (Å²) in [7, 11) is 0.693. The van der Waals surface area contributed by atoms with Gasteiger partial charge in [-0.1, -0.05) is 64.0 Å². The molecule has 0 unspecified atom stereocenters. The van der Waals surface area contributed by atoms with Crippen LogP contribution >= 0.6 is 11.6 Å². The molecule has 17 heavy (non-hydrogen) atoms. The van der Waals surface area contributed by atoms with Gasteiger partial charge in [0.05, 0.1) is 0 Å². The van der Waals surface area contributed by atoms with Crippen LogP contribution in [-0.2, 0) is 5.88 Å². The van der Waals surface area contributed by atoms with Crippen LogP contribution in [0.1, 0.15) is 16.7 Å². The molecule has 0 N–H and O–H groups in total. The Labute approximate surface area is 110 Å². The molecule has 0 fully saturated rings. The van der Waals surface area contributed by atoms with Gasteiger partial charge in [0.15, 0.2) is 0 Å². The van der Waals surface area contributed by atoms with Crippen molar-refractivity contribution in [2.24, 2.45) is 0 Å². The number of hydrogen-bond acceptors (Lipinski definition) is 0. The average Bonchev–Trinajstić information content (AvgIpc) is 2.34. The number of aryl methyl sites for hydroxylation is 2. The van der Waals surface area contributed by atoms with Crippen LogP contribution in [0.5, 0.6) is 0 Å². The van der Waals surface area contributed by atoms with Crippen LogP contribution in [0.2, 0.25) is 0 Å². The molecular weight excluding hydrogens is 244 g/mol. The SMILES string of the molecule is Cc1ccc(C)c([Si]c2ccccc2CCl)c1. The molecule has 2 aromatic carbocycles. The lowest BCUT2D eigenvalue weighted by Crippen LogP contribution is -2.31. The number of hydrogen-bond donors (Lipinski definition) is 0. The molecule has 0 bridgehead atoms. The molecule has 0 spiro atoms. The van der Waals surface area contributed by atoms with Gasteiger partial charge in [0, 0.05) is 5.88 Å². The van der Waals surface area contributed by atoms with Gasteiger partial charge in [0.1, 0.15) is 9.52 Å². The monoisotopic (exact) mass is 258 g/mol. The normalized spacial score (nSPS) is 10.5. The van der Waals surface area contributed by atoms with Crippen molar-refractivity contribution >= 4 is 31.5 Å². The second kappa shape index (κ2) is 5.52. The molecule has 0 atom stereocenters.